The summed E-state index contributed by atoms with van der Waals surface area (Å²) in [6.07, 6.45) is -7.78. The number of nitrogens with two attached hydrogens (primary N) is 1. The topological polar surface area (TPSA) is 50.9 Å². The molecule has 0 radical (unpaired) electrons. The van der Waals surface area contributed by atoms with Gasteiger partial charge in [-0.1, -0.05) is 0 Å². The predicted molar refractivity (Wildman–Crippen MR) is 42.0 cm³/mol. The van der Waals surface area contributed by atoms with E-state index in [1.54, 1.807) is 0 Å². The van der Waals surface area contributed by atoms with Crippen molar-refractivity contribution in [3.8, 4) is 0 Å². The molecule has 0 fully saturated rings. The molecular formula is C7H6F5N3. The van der Waals surface area contributed by atoms with Gasteiger partial charge in [-0.25, -0.2) is 19.6 Å². The summed E-state index contributed by atoms with van der Waals surface area (Å²) in [5.41, 5.74) is -0.720. The highest BCUT2D eigenvalue weighted by atomic mass is 19.4. The fourth-order valence-electron chi connectivity index (χ4n) is 0.967. The van der Waals surface area contributed by atoms with Crippen LogP contribution in [0.5, 0.6) is 0 Å². The molecule has 0 atom stereocenters. The Morgan fingerprint density at radius 3 is 2.33 bits per heavy atom. The number of anilines is 1. The summed E-state index contributed by atoms with van der Waals surface area (Å²) in [5, 5.41) is 0. The Balaban J connectivity index is 3.28. The van der Waals surface area contributed by atoms with Crippen molar-refractivity contribution in [2.75, 3.05) is 5.43 Å². The zero-order chi connectivity index (χ0) is 11.6. The first-order valence-corrected chi connectivity index (χ1v) is 3.68. The van der Waals surface area contributed by atoms with Crippen LogP contribution in [0.1, 0.15) is 17.6 Å². The third-order valence-corrected chi connectivity index (χ3v) is 1.62. The summed E-state index contributed by atoms with van der Waals surface area (Å²) in [5.74, 6) is 4.59. The number of pyridine rings is 1. The number of nitrogens with zero attached hydrogens (tertiary/aromatic N) is 1. The molecule has 0 saturated carbocycles. The molecule has 0 spiro atoms. The van der Waals surface area contributed by atoms with Gasteiger partial charge in [0, 0.05) is 11.8 Å². The number of nitrogens with one attached hydrogen (secondary N) is 1. The Hall–Kier alpha value is -1.44. The zero-order valence-corrected chi connectivity index (χ0v) is 7.15. The van der Waals surface area contributed by atoms with Crippen LogP contribution in [-0.2, 0) is 6.18 Å². The summed E-state index contributed by atoms with van der Waals surface area (Å²) in [7, 11) is 0. The maximum Gasteiger partial charge on any atom is 0.418 e. The Labute approximate surface area is 81.1 Å². The number of halogens is 5. The minimum atomic E-state index is -4.86. The van der Waals surface area contributed by atoms with E-state index in [0.29, 0.717) is 12.3 Å². The van der Waals surface area contributed by atoms with Gasteiger partial charge in [-0.15, -0.1) is 0 Å². The molecule has 1 rings (SSSR count). The molecule has 84 valence electrons. The van der Waals surface area contributed by atoms with Gasteiger partial charge in [0.05, 0.1) is 5.56 Å². The van der Waals surface area contributed by atoms with Gasteiger partial charge in [0.2, 0.25) is 0 Å². The maximum absolute atomic E-state index is 12.3. The van der Waals surface area contributed by atoms with Gasteiger partial charge in [0.25, 0.3) is 6.43 Å². The molecule has 0 aliphatic heterocycles. The van der Waals surface area contributed by atoms with Gasteiger partial charge in [-0.2, -0.15) is 13.2 Å². The Morgan fingerprint density at radius 1 is 1.33 bits per heavy atom. The molecule has 3 nitrogen and oxygen atoms in total. The van der Waals surface area contributed by atoms with E-state index in [0.717, 1.165) is 0 Å². The third kappa shape index (κ3) is 2.52. The lowest BCUT2D eigenvalue weighted by atomic mass is 10.1. The molecule has 15 heavy (non-hydrogen) atoms. The molecule has 1 aromatic rings. The Morgan fingerprint density at radius 2 is 1.93 bits per heavy atom. The highest BCUT2D eigenvalue weighted by Gasteiger charge is 2.36. The molecule has 0 unspecified atom stereocenters. The van der Waals surface area contributed by atoms with E-state index in [2.05, 4.69) is 4.98 Å². The summed E-state index contributed by atoms with van der Waals surface area (Å²) in [4.78, 5) is 3.22. The molecule has 0 amide bonds. The predicted octanol–water partition coefficient (Wildman–Crippen LogP) is 2.32. The number of hydrogen-bond acceptors (Lipinski definition) is 3. The second-order valence-electron chi connectivity index (χ2n) is 2.60. The van der Waals surface area contributed by atoms with E-state index in [1.165, 1.54) is 0 Å². The molecule has 1 heterocycles. The van der Waals surface area contributed by atoms with Gasteiger partial charge in [0.1, 0.15) is 5.82 Å². The average Bonchev–Trinajstić information content (AvgIpc) is 2.15. The third-order valence-electron chi connectivity index (χ3n) is 1.62. The van der Waals surface area contributed by atoms with Gasteiger partial charge in [-0.05, 0) is 6.07 Å². The fraction of sp³-hybridized carbons (Fsp3) is 0.286. The van der Waals surface area contributed by atoms with E-state index in [-0.39, 0.29) is 5.82 Å². The molecule has 3 N–H and O–H groups in total. The molecule has 0 aliphatic carbocycles. The first-order chi connectivity index (χ1) is 6.86. The summed E-state index contributed by atoms with van der Waals surface area (Å²) < 4.78 is 61.2. The molecule has 8 heteroatoms. The number of rotatable bonds is 2. The number of hydrogen-bond donors (Lipinski definition) is 2. The van der Waals surface area contributed by atoms with Crippen LogP contribution in [0.15, 0.2) is 12.3 Å². The standard InChI is InChI=1S/C7H6F5N3/c8-6(9)3-1-5(15-13)14-2-4(3)7(10,11)12/h1-2,6H,13H2,(H,14,15). The molecule has 0 saturated heterocycles. The van der Waals surface area contributed by atoms with Crippen molar-refractivity contribution >= 4 is 5.82 Å². The van der Waals surface area contributed by atoms with Crippen molar-refractivity contribution < 1.29 is 22.0 Å². The summed E-state index contributed by atoms with van der Waals surface area (Å²) >= 11 is 0. The first-order valence-electron chi connectivity index (χ1n) is 3.68. The van der Waals surface area contributed by atoms with E-state index < -0.39 is 23.7 Å². The minimum Gasteiger partial charge on any atom is -0.308 e. The maximum atomic E-state index is 12.3. The molecule has 0 bridgehead atoms. The van der Waals surface area contributed by atoms with Crippen LogP contribution >= 0.6 is 0 Å². The lowest BCUT2D eigenvalue weighted by Crippen LogP contribution is -2.14. The van der Waals surface area contributed by atoms with Gasteiger partial charge < -0.3 is 5.43 Å². The van der Waals surface area contributed by atoms with Crippen molar-refractivity contribution in [3.05, 3.63) is 23.4 Å². The zero-order valence-electron chi connectivity index (χ0n) is 7.15. The molecule has 0 aromatic carbocycles. The average molecular weight is 227 g/mol. The monoisotopic (exact) mass is 227 g/mol. The van der Waals surface area contributed by atoms with E-state index in [4.69, 9.17) is 5.84 Å². The molecule has 1 aromatic heterocycles. The largest absolute Gasteiger partial charge is 0.418 e. The van der Waals surface area contributed by atoms with Crippen LogP contribution in [0.2, 0.25) is 0 Å². The minimum absolute atomic E-state index is 0.252. The van der Waals surface area contributed by atoms with Gasteiger partial charge in [0.15, 0.2) is 0 Å². The van der Waals surface area contributed by atoms with Crippen molar-refractivity contribution in [1.82, 2.24) is 4.98 Å². The smallest absolute Gasteiger partial charge is 0.308 e. The van der Waals surface area contributed by atoms with Crippen LogP contribution in [0.25, 0.3) is 0 Å². The van der Waals surface area contributed by atoms with Crippen molar-refractivity contribution in [3.63, 3.8) is 0 Å². The number of hydrazine groups is 1. The van der Waals surface area contributed by atoms with Crippen molar-refractivity contribution in [2.45, 2.75) is 12.6 Å². The fourth-order valence-corrected chi connectivity index (χ4v) is 0.967. The lowest BCUT2D eigenvalue weighted by Gasteiger charge is -2.12. The van der Waals surface area contributed by atoms with Crippen LogP contribution in [0, 0.1) is 0 Å². The molecular weight excluding hydrogens is 221 g/mol. The Kier molecular flexibility index (Phi) is 3.08. The number of alkyl halides is 5. The number of nitrogen functional groups attached to an aromatic ring is 1. The SMILES string of the molecule is NNc1cc(C(F)F)c(C(F)(F)F)cn1. The van der Waals surface area contributed by atoms with Gasteiger partial charge >= 0.3 is 6.18 Å². The second-order valence-corrected chi connectivity index (χ2v) is 2.60. The van der Waals surface area contributed by atoms with E-state index >= 15 is 0 Å². The van der Waals surface area contributed by atoms with Crippen LogP contribution in [0.4, 0.5) is 27.8 Å². The quantitative estimate of drug-likeness (QED) is 0.463. The highest BCUT2D eigenvalue weighted by molar-refractivity contribution is 5.41. The normalized spacial score (nSPS) is 11.9. The summed E-state index contributed by atoms with van der Waals surface area (Å²) in [6.45, 7) is 0. The first kappa shape index (κ1) is 11.6. The second kappa shape index (κ2) is 3.97. The lowest BCUT2D eigenvalue weighted by molar-refractivity contribution is -0.139. The van der Waals surface area contributed by atoms with E-state index in [1.807, 2.05) is 5.43 Å². The van der Waals surface area contributed by atoms with E-state index in [9.17, 15) is 22.0 Å². The molecule has 0 aliphatic rings. The van der Waals surface area contributed by atoms with Gasteiger partial charge in [-0.3, -0.25) is 0 Å². The van der Waals surface area contributed by atoms with Crippen molar-refractivity contribution in [2.24, 2.45) is 5.84 Å². The van der Waals surface area contributed by atoms with Crippen LogP contribution in [-0.4, -0.2) is 4.98 Å². The Bertz CT molecular complexity index is 349. The van der Waals surface area contributed by atoms with Crippen LogP contribution < -0.4 is 11.3 Å². The summed E-state index contributed by atoms with van der Waals surface area (Å²) in [6, 6.07) is 0.563. The number of aromatic nitrogens is 1. The van der Waals surface area contributed by atoms with Crippen LogP contribution in [0.3, 0.4) is 0 Å². The highest BCUT2D eigenvalue weighted by Crippen LogP contribution is 2.36. The van der Waals surface area contributed by atoms with Crippen molar-refractivity contribution in [1.29, 1.82) is 0 Å².